The molecule has 0 saturated heterocycles. The first-order valence-electron chi connectivity index (χ1n) is 10.5. The lowest BCUT2D eigenvalue weighted by molar-refractivity contribution is -0.384. The van der Waals surface area contributed by atoms with Crippen LogP contribution in [0.5, 0.6) is 0 Å². The largest absolute Gasteiger partial charge is 0.444 e. The summed E-state index contributed by atoms with van der Waals surface area (Å²) >= 11 is 0. The molecule has 0 spiro atoms. The molecule has 2 aromatic heterocycles. The Balaban J connectivity index is 1.45. The predicted octanol–water partition coefficient (Wildman–Crippen LogP) is 4.55. The standard InChI is InChI=1S/C23H24FN5O4/c1-23(2,3)33-22(30)27-7-4-15(5-8-27)20-13-25-17(12-26-20)14-28-9-6-16-10-18(29(31)32)11-19(24)21(16)28/h4,6,9-13H,5,7-8,14H2,1-3H3. The molecule has 0 N–H and O–H groups in total. The van der Waals surface area contributed by atoms with Crippen molar-refractivity contribution in [3.63, 3.8) is 0 Å². The van der Waals surface area contributed by atoms with Gasteiger partial charge in [-0.05, 0) is 38.8 Å². The van der Waals surface area contributed by atoms with Crippen LogP contribution in [0.4, 0.5) is 14.9 Å². The SMILES string of the molecule is CC(C)(C)OC(=O)N1CC=C(c2cnc(Cn3ccc4cc([N+](=O)[O-])cc(F)c43)cn2)CC1. The van der Waals surface area contributed by atoms with E-state index in [-0.39, 0.29) is 23.8 Å². The molecule has 3 aromatic rings. The van der Waals surface area contributed by atoms with Gasteiger partial charge < -0.3 is 14.2 Å². The minimum absolute atomic E-state index is 0.275. The van der Waals surface area contributed by atoms with E-state index < -0.39 is 16.3 Å². The molecule has 0 saturated carbocycles. The number of nitro benzene ring substituents is 1. The lowest BCUT2D eigenvalue weighted by Crippen LogP contribution is -2.39. The highest BCUT2D eigenvalue weighted by Gasteiger charge is 2.24. The molecule has 4 rings (SSSR count). The van der Waals surface area contributed by atoms with Gasteiger partial charge in [-0.1, -0.05) is 6.08 Å². The van der Waals surface area contributed by atoms with Gasteiger partial charge in [-0.3, -0.25) is 20.1 Å². The lowest BCUT2D eigenvalue weighted by Gasteiger charge is -2.29. The molecule has 172 valence electrons. The minimum Gasteiger partial charge on any atom is -0.444 e. The number of ether oxygens (including phenoxy) is 1. The topological polar surface area (TPSA) is 103 Å². The molecule has 1 aromatic carbocycles. The Morgan fingerprint density at radius 3 is 2.67 bits per heavy atom. The highest BCUT2D eigenvalue weighted by molar-refractivity contribution is 5.83. The number of amides is 1. The summed E-state index contributed by atoms with van der Waals surface area (Å²) in [5.74, 6) is -0.657. The van der Waals surface area contributed by atoms with Gasteiger partial charge in [-0.2, -0.15) is 0 Å². The van der Waals surface area contributed by atoms with Crippen molar-refractivity contribution in [1.29, 1.82) is 0 Å². The lowest BCUT2D eigenvalue weighted by atomic mass is 10.1. The summed E-state index contributed by atoms with van der Waals surface area (Å²) in [5.41, 5.74) is 1.81. The maximum absolute atomic E-state index is 14.5. The summed E-state index contributed by atoms with van der Waals surface area (Å²) < 4.78 is 21.5. The van der Waals surface area contributed by atoms with Crippen LogP contribution in [0.15, 0.2) is 42.9 Å². The molecule has 0 aliphatic carbocycles. The van der Waals surface area contributed by atoms with E-state index in [0.717, 1.165) is 17.3 Å². The summed E-state index contributed by atoms with van der Waals surface area (Å²) in [6, 6.07) is 3.90. The zero-order chi connectivity index (χ0) is 23.8. The van der Waals surface area contributed by atoms with Gasteiger partial charge >= 0.3 is 6.09 Å². The summed E-state index contributed by atoms with van der Waals surface area (Å²) in [7, 11) is 0. The molecule has 9 nitrogen and oxygen atoms in total. The Hall–Kier alpha value is -3.82. The fourth-order valence-corrected chi connectivity index (χ4v) is 3.69. The third-order valence-corrected chi connectivity index (χ3v) is 5.24. The Bertz CT molecular complexity index is 1240. The molecule has 0 atom stereocenters. The van der Waals surface area contributed by atoms with Crippen LogP contribution in [0.2, 0.25) is 0 Å². The number of carbonyl (C=O) groups is 1. The van der Waals surface area contributed by atoms with Crippen LogP contribution in [-0.4, -0.2) is 49.1 Å². The number of rotatable bonds is 4. The Labute approximate surface area is 189 Å². The van der Waals surface area contributed by atoms with Crippen molar-refractivity contribution >= 4 is 28.3 Å². The Morgan fingerprint density at radius 1 is 1.27 bits per heavy atom. The van der Waals surface area contributed by atoms with Crippen molar-refractivity contribution in [1.82, 2.24) is 19.4 Å². The van der Waals surface area contributed by atoms with Crippen LogP contribution >= 0.6 is 0 Å². The van der Waals surface area contributed by atoms with Crippen molar-refractivity contribution in [2.75, 3.05) is 13.1 Å². The van der Waals surface area contributed by atoms with Crippen molar-refractivity contribution in [3.8, 4) is 0 Å². The Kier molecular flexibility index (Phi) is 5.84. The highest BCUT2D eigenvalue weighted by Crippen LogP contribution is 2.26. The summed E-state index contributed by atoms with van der Waals surface area (Å²) in [5, 5.41) is 11.4. The summed E-state index contributed by atoms with van der Waals surface area (Å²) in [6.07, 6.45) is 7.21. The highest BCUT2D eigenvalue weighted by atomic mass is 19.1. The first kappa shape index (κ1) is 22.4. The minimum atomic E-state index is -0.657. The van der Waals surface area contributed by atoms with Crippen molar-refractivity contribution in [3.05, 3.63) is 70.2 Å². The number of halogens is 1. The van der Waals surface area contributed by atoms with Crippen molar-refractivity contribution in [2.24, 2.45) is 0 Å². The number of non-ortho nitro benzene ring substituents is 1. The monoisotopic (exact) mass is 453 g/mol. The van der Waals surface area contributed by atoms with Gasteiger partial charge in [0.2, 0.25) is 0 Å². The van der Waals surface area contributed by atoms with Gasteiger partial charge in [0.25, 0.3) is 5.69 Å². The number of aromatic nitrogens is 3. The van der Waals surface area contributed by atoms with E-state index in [4.69, 9.17) is 4.74 Å². The molecule has 0 bridgehead atoms. The number of hydrogen-bond donors (Lipinski definition) is 0. The number of nitro groups is 1. The first-order valence-corrected chi connectivity index (χ1v) is 10.5. The van der Waals surface area contributed by atoms with Crippen LogP contribution in [0.3, 0.4) is 0 Å². The molecular weight excluding hydrogens is 429 g/mol. The van der Waals surface area contributed by atoms with Crippen LogP contribution < -0.4 is 0 Å². The second-order valence-corrected chi connectivity index (χ2v) is 8.86. The zero-order valence-corrected chi connectivity index (χ0v) is 18.6. The molecule has 0 unspecified atom stereocenters. The summed E-state index contributed by atoms with van der Waals surface area (Å²) in [6.45, 7) is 6.75. The van der Waals surface area contributed by atoms with Crippen LogP contribution in [0.25, 0.3) is 16.5 Å². The fraction of sp³-hybridized carbons (Fsp3) is 0.348. The molecule has 1 amide bonds. The van der Waals surface area contributed by atoms with E-state index in [1.54, 1.807) is 34.1 Å². The number of fused-ring (bicyclic) bond motifs is 1. The zero-order valence-electron chi connectivity index (χ0n) is 18.6. The van der Waals surface area contributed by atoms with Crippen molar-refractivity contribution < 1.29 is 18.8 Å². The second kappa shape index (κ2) is 8.61. The van der Waals surface area contributed by atoms with E-state index in [2.05, 4.69) is 9.97 Å². The van der Waals surface area contributed by atoms with E-state index >= 15 is 0 Å². The van der Waals surface area contributed by atoms with Gasteiger partial charge in [-0.15, -0.1) is 0 Å². The van der Waals surface area contributed by atoms with E-state index in [1.807, 2.05) is 26.8 Å². The third kappa shape index (κ3) is 5.00. The molecule has 10 heteroatoms. The molecule has 1 aliphatic heterocycles. The van der Waals surface area contributed by atoms with E-state index in [9.17, 15) is 19.3 Å². The quantitative estimate of drug-likeness (QED) is 0.424. The molecule has 1 aliphatic rings. The van der Waals surface area contributed by atoms with Crippen molar-refractivity contribution in [2.45, 2.75) is 39.3 Å². The number of nitrogens with zero attached hydrogens (tertiary/aromatic N) is 5. The third-order valence-electron chi connectivity index (χ3n) is 5.24. The van der Waals surface area contributed by atoms with Gasteiger partial charge in [0.05, 0.1) is 46.8 Å². The molecule has 0 radical (unpaired) electrons. The van der Waals surface area contributed by atoms with Gasteiger partial charge in [-0.25, -0.2) is 9.18 Å². The molecule has 3 heterocycles. The molecule has 0 fully saturated rings. The number of benzene rings is 1. The number of carbonyl (C=O) groups excluding carboxylic acids is 1. The number of hydrogen-bond acceptors (Lipinski definition) is 6. The maximum Gasteiger partial charge on any atom is 0.410 e. The average Bonchev–Trinajstić information content (AvgIpc) is 3.16. The second-order valence-electron chi connectivity index (χ2n) is 8.86. The van der Waals surface area contributed by atoms with Crippen LogP contribution in [0, 0.1) is 15.9 Å². The summed E-state index contributed by atoms with van der Waals surface area (Å²) in [4.78, 5) is 33.1. The van der Waals surface area contributed by atoms with Gasteiger partial charge in [0.15, 0.2) is 5.82 Å². The normalized spacial score (nSPS) is 14.3. The first-order chi connectivity index (χ1) is 15.6. The molecular formula is C23H24FN5O4. The fourth-order valence-electron chi connectivity index (χ4n) is 3.69. The van der Waals surface area contributed by atoms with E-state index in [1.165, 1.54) is 6.07 Å². The Morgan fingerprint density at radius 2 is 2.06 bits per heavy atom. The van der Waals surface area contributed by atoms with Crippen LogP contribution in [-0.2, 0) is 11.3 Å². The smallest absolute Gasteiger partial charge is 0.410 e. The average molecular weight is 453 g/mol. The predicted molar refractivity (Wildman–Crippen MR) is 120 cm³/mol. The molecule has 33 heavy (non-hydrogen) atoms. The maximum atomic E-state index is 14.5. The van der Waals surface area contributed by atoms with Crippen LogP contribution in [0.1, 0.15) is 38.6 Å². The van der Waals surface area contributed by atoms with Gasteiger partial charge in [0, 0.05) is 30.7 Å². The van der Waals surface area contributed by atoms with Gasteiger partial charge in [0.1, 0.15) is 5.60 Å². The van der Waals surface area contributed by atoms with E-state index in [0.29, 0.717) is 30.6 Å².